The van der Waals surface area contributed by atoms with Crippen molar-refractivity contribution < 1.29 is 13.9 Å². The highest BCUT2D eigenvalue weighted by atomic mass is 16.5. The van der Waals surface area contributed by atoms with E-state index in [1.54, 1.807) is 37.6 Å². The molecule has 0 saturated heterocycles. The minimum atomic E-state index is -0.265. The molecular weight excluding hydrogens is 242 g/mol. The van der Waals surface area contributed by atoms with Crippen molar-refractivity contribution in [2.75, 3.05) is 7.11 Å². The molecular formula is C15H17NO3. The van der Waals surface area contributed by atoms with E-state index < -0.39 is 0 Å². The van der Waals surface area contributed by atoms with Gasteiger partial charge in [0.15, 0.2) is 5.78 Å². The maximum atomic E-state index is 12.2. The molecule has 2 rings (SSSR count). The second-order valence-electron chi connectivity index (χ2n) is 4.27. The third-order valence-corrected chi connectivity index (χ3v) is 2.93. The summed E-state index contributed by atoms with van der Waals surface area (Å²) in [5.74, 6) is 1.61. The van der Waals surface area contributed by atoms with Crippen LogP contribution >= 0.6 is 0 Å². The number of benzene rings is 1. The van der Waals surface area contributed by atoms with E-state index in [9.17, 15) is 4.79 Å². The Hall–Kier alpha value is -2.07. The van der Waals surface area contributed by atoms with Gasteiger partial charge in [-0.25, -0.2) is 0 Å². The first-order chi connectivity index (χ1) is 9.20. The van der Waals surface area contributed by atoms with E-state index in [1.165, 1.54) is 0 Å². The van der Waals surface area contributed by atoms with Gasteiger partial charge in [-0.2, -0.15) is 0 Å². The van der Waals surface area contributed by atoms with E-state index in [-0.39, 0.29) is 11.8 Å². The van der Waals surface area contributed by atoms with Gasteiger partial charge in [0, 0.05) is 5.56 Å². The molecule has 1 N–H and O–H groups in total. The van der Waals surface area contributed by atoms with Crippen LogP contribution in [0.1, 0.15) is 23.0 Å². The molecule has 4 nitrogen and oxygen atoms in total. The summed E-state index contributed by atoms with van der Waals surface area (Å²) >= 11 is 0. The van der Waals surface area contributed by atoms with Crippen LogP contribution < -0.4 is 10.1 Å². The summed E-state index contributed by atoms with van der Waals surface area (Å²) < 4.78 is 10.3. The van der Waals surface area contributed by atoms with E-state index in [0.717, 1.165) is 11.5 Å². The van der Waals surface area contributed by atoms with Gasteiger partial charge >= 0.3 is 0 Å². The summed E-state index contributed by atoms with van der Waals surface area (Å²) in [7, 11) is 1.60. The predicted octanol–water partition coefficient (Wildman–Crippen LogP) is 2.65. The summed E-state index contributed by atoms with van der Waals surface area (Å²) in [5.41, 5.74) is 0.667. The number of methoxy groups -OCH3 is 1. The lowest BCUT2D eigenvalue weighted by atomic mass is 10.1. The molecule has 1 aromatic heterocycles. The molecule has 2 aromatic rings. The van der Waals surface area contributed by atoms with Crippen molar-refractivity contribution in [1.29, 1.82) is 0 Å². The maximum Gasteiger partial charge on any atom is 0.179 e. The lowest BCUT2D eigenvalue weighted by Crippen LogP contribution is -2.33. The van der Waals surface area contributed by atoms with Crippen molar-refractivity contribution in [2.24, 2.45) is 0 Å². The molecule has 4 heteroatoms. The number of ether oxygens (including phenoxy) is 1. The standard InChI is InChI=1S/C15H17NO3/c1-11(16-10-14-4-3-9-19-14)15(17)12-5-7-13(18-2)8-6-12/h3-9,11,16H,10H2,1-2H3. The van der Waals surface area contributed by atoms with Crippen molar-refractivity contribution in [2.45, 2.75) is 19.5 Å². The number of hydrogen-bond acceptors (Lipinski definition) is 4. The van der Waals surface area contributed by atoms with Gasteiger partial charge in [-0.1, -0.05) is 0 Å². The molecule has 19 heavy (non-hydrogen) atoms. The van der Waals surface area contributed by atoms with Crippen LogP contribution in [0.25, 0.3) is 0 Å². The fraction of sp³-hybridized carbons (Fsp3) is 0.267. The van der Waals surface area contributed by atoms with Crippen LogP contribution in [0.4, 0.5) is 0 Å². The van der Waals surface area contributed by atoms with E-state index in [4.69, 9.17) is 9.15 Å². The lowest BCUT2D eigenvalue weighted by molar-refractivity contribution is 0.0949. The average molecular weight is 259 g/mol. The molecule has 0 radical (unpaired) electrons. The van der Waals surface area contributed by atoms with Gasteiger partial charge in [0.2, 0.25) is 0 Å². The third kappa shape index (κ3) is 3.45. The summed E-state index contributed by atoms with van der Waals surface area (Å²) in [5, 5.41) is 3.14. The SMILES string of the molecule is COc1ccc(C(=O)C(C)NCc2ccco2)cc1. The van der Waals surface area contributed by atoms with Crippen LogP contribution in [0.2, 0.25) is 0 Å². The highest BCUT2D eigenvalue weighted by Gasteiger charge is 2.14. The fourth-order valence-corrected chi connectivity index (χ4v) is 1.76. The molecule has 0 aliphatic heterocycles. The van der Waals surface area contributed by atoms with Gasteiger partial charge in [-0.3, -0.25) is 4.79 Å². The van der Waals surface area contributed by atoms with Gasteiger partial charge in [-0.05, 0) is 43.3 Å². The van der Waals surface area contributed by atoms with Crippen LogP contribution in [-0.4, -0.2) is 18.9 Å². The van der Waals surface area contributed by atoms with Crippen molar-refractivity contribution >= 4 is 5.78 Å². The summed E-state index contributed by atoms with van der Waals surface area (Å²) in [4.78, 5) is 12.2. The fourth-order valence-electron chi connectivity index (χ4n) is 1.76. The molecule has 0 saturated carbocycles. The van der Waals surface area contributed by atoms with Crippen molar-refractivity contribution in [1.82, 2.24) is 5.32 Å². The van der Waals surface area contributed by atoms with Crippen LogP contribution in [0, 0.1) is 0 Å². The molecule has 0 fully saturated rings. The van der Waals surface area contributed by atoms with E-state index in [0.29, 0.717) is 12.1 Å². The molecule has 0 aliphatic carbocycles. The van der Waals surface area contributed by atoms with Crippen LogP contribution in [0.15, 0.2) is 47.1 Å². The number of rotatable bonds is 6. The molecule has 100 valence electrons. The first kappa shape index (κ1) is 13.4. The normalized spacial score (nSPS) is 12.1. The van der Waals surface area contributed by atoms with E-state index in [1.807, 2.05) is 19.1 Å². The average Bonchev–Trinajstić information content (AvgIpc) is 2.97. The Morgan fingerprint density at radius 3 is 2.63 bits per heavy atom. The largest absolute Gasteiger partial charge is 0.497 e. The van der Waals surface area contributed by atoms with Crippen molar-refractivity contribution in [3.63, 3.8) is 0 Å². The Morgan fingerprint density at radius 2 is 2.05 bits per heavy atom. The van der Waals surface area contributed by atoms with Gasteiger partial charge in [0.25, 0.3) is 0 Å². The Morgan fingerprint density at radius 1 is 1.32 bits per heavy atom. The smallest absolute Gasteiger partial charge is 0.179 e. The maximum absolute atomic E-state index is 12.2. The number of nitrogens with one attached hydrogen (secondary N) is 1. The molecule has 1 heterocycles. The molecule has 0 aliphatic rings. The lowest BCUT2D eigenvalue weighted by Gasteiger charge is -2.12. The quantitative estimate of drug-likeness (QED) is 0.810. The Bertz CT molecular complexity index is 517. The Balaban J connectivity index is 1.94. The number of hydrogen-bond donors (Lipinski definition) is 1. The number of carbonyl (C=O) groups excluding carboxylic acids is 1. The first-order valence-electron chi connectivity index (χ1n) is 6.14. The van der Waals surface area contributed by atoms with Crippen LogP contribution in [-0.2, 0) is 6.54 Å². The zero-order valence-corrected chi connectivity index (χ0v) is 11.1. The topological polar surface area (TPSA) is 51.5 Å². The highest BCUT2D eigenvalue weighted by Crippen LogP contribution is 2.13. The van der Waals surface area contributed by atoms with Gasteiger partial charge in [-0.15, -0.1) is 0 Å². The molecule has 0 spiro atoms. The minimum Gasteiger partial charge on any atom is -0.497 e. The first-order valence-corrected chi connectivity index (χ1v) is 6.14. The summed E-state index contributed by atoms with van der Waals surface area (Å²) in [6.45, 7) is 2.38. The molecule has 1 atom stereocenters. The van der Waals surface area contributed by atoms with Gasteiger partial charge in [0.1, 0.15) is 11.5 Å². The highest BCUT2D eigenvalue weighted by molar-refractivity contribution is 5.99. The Labute approximate surface area is 112 Å². The predicted molar refractivity (Wildman–Crippen MR) is 72.3 cm³/mol. The van der Waals surface area contributed by atoms with E-state index in [2.05, 4.69) is 5.32 Å². The number of furan rings is 1. The second-order valence-corrected chi connectivity index (χ2v) is 4.27. The summed E-state index contributed by atoms with van der Waals surface area (Å²) in [6.07, 6.45) is 1.62. The van der Waals surface area contributed by atoms with Gasteiger partial charge in [0.05, 0.1) is 26.0 Å². The van der Waals surface area contributed by atoms with Crippen molar-refractivity contribution in [3.05, 3.63) is 54.0 Å². The van der Waals surface area contributed by atoms with E-state index >= 15 is 0 Å². The van der Waals surface area contributed by atoms with Crippen LogP contribution in [0.3, 0.4) is 0 Å². The van der Waals surface area contributed by atoms with Gasteiger partial charge < -0.3 is 14.5 Å². The number of carbonyl (C=O) groups is 1. The minimum absolute atomic E-state index is 0.0502. The zero-order valence-electron chi connectivity index (χ0n) is 11.1. The third-order valence-electron chi connectivity index (χ3n) is 2.93. The van der Waals surface area contributed by atoms with Crippen molar-refractivity contribution in [3.8, 4) is 5.75 Å². The molecule has 0 bridgehead atoms. The molecule has 1 unspecified atom stereocenters. The Kier molecular flexibility index (Phi) is 4.36. The number of Topliss-reactive ketones (excluding diaryl/α,β-unsaturated/α-hetero) is 1. The number of ketones is 1. The molecule has 1 aromatic carbocycles. The molecule has 0 amide bonds. The summed E-state index contributed by atoms with van der Waals surface area (Å²) in [6, 6.07) is 10.5. The zero-order chi connectivity index (χ0) is 13.7. The second kappa shape index (κ2) is 6.20. The van der Waals surface area contributed by atoms with Crippen LogP contribution in [0.5, 0.6) is 5.75 Å². The monoisotopic (exact) mass is 259 g/mol.